The molecule has 3 heteroatoms. The Bertz CT molecular complexity index is 580. The average Bonchev–Trinajstić information content (AvgIpc) is 2.42. The van der Waals surface area contributed by atoms with E-state index < -0.39 is 0 Å². The minimum absolute atomic E-state index is 0.0794. The van der Waals surface area contributed by atoms with E-state index in [-0.39, 0.29) is 17.9 Å². The summed E-state index contributed by atoms with van der Waals surface area (Å²) >= 11 is 5.89. The van der Waals surface area contributed by atoms with Gasteiger partial charge >= 0.3 is 0 Å². The van der Waals surface area contributed by atoms with Crippen molar-refractivity contribution in [1.82, 2.24) is 5.32 Å². The van der Waals surface area contributed by atoms with E-state index in [0.29, 0.717) is 5.56 Å². The highest BCUT2D eigenvalue weighted by Gasteiger charge is 2.12. The van der Waals surface area contributed by atoms with Gasteiger partial charge in [-0.3, -0.25) is 0 Å². The van der Waals surface area contributed by atoms with Gasteiger partial charge in [0.05, 0.1) is 0 Å². The van der Waals surface area contributed by atoms with Crippen LogP contribution in [-0.4, -0.2) is 0 Å². The van der Waals surface area contributed by atoms with Crippen LogP contribution in [-0.2, 0) is 0 Å². The molecule has 20 heavy (non-hydrogen) atoms. The lowest BCUT2D eigenvalue weighted by atomic mass is 10.0. The highest BCUT2D eigenvalue weighted by molar-refractivity contribution is 6.30. The van der Waals surface area contributed by atoms with Crippen molar-refractivity contribution in [2.24, 2.45) is 0 Å². The van der Waals surface area contributed by atoms with E-state index in [1.807, 2.05) is 43.3 Å². The van der Waals surface area contributed by atoms with Crippen molar-refractivity contribution < 1.29 is 4.39 Å². The lowest BCUT2D eigenvalue weighted by molar-refractivity contribution is 0.491. The Balaban J connectivity index is 2.08. The van der Waals surface area contributed by atoms with Gasteiger partial charge in [-0.15, -0.1) is 0 Å². The summed E-state index contributed by atoms with van der Waals surface area (Å²) in [6.45, 7) is 5.90. The molecule has 0 saturated heterocycles. The number of aryl methyl sites for hydroxylation is 1. The number of benzene rings is 2. The summed E-state index contributed by atoms with van der Waals surface area (Å²) < 4.78 is 13.6. The van der Waals surface area contributed by atoms with Crippen LogP contribution in [0, 0.1) is 12.7 Å². The molecule has 0 saturated carbocycles. The van der Waals surface area contributed by atoms with Gasteiger partial charge < -0.3 is 5.32 Å². The molecule has 0 bridgehead atoms. The zero-order valence-corrected chi connectivity index (χ0v) is 12.7. The van der Waals surface area contributed by atoms with Crippen molar-refractivity contribution >= 4 is 11.6 Å². The fourth-order valence-corrected chi connectivity index (χ4v) is 2.32. The summed E-state index contributed by atoms with van der Waals surface area (Å²) in [5.74, 6) is -0.157. The van der Waals surface area contributed by atoms with Gasteiger partial charge in [-0.05, 0) is 55.7 Å². The number of hydrogen-bond donors (Lipinski definition) is 1. The summed E-state index contributed by atoms with van der Waals surface area (Å²) in [7, 11) is 0. The van der Waals surface area contributed by atoms with Crippen molar-refractivity contribution in [3.05, 3.63) is 70.0 Å². The Morgan fingerprint density at radius 1 is 0.950 bits per heavy atom. The molecule has 1 N–H and O–H groups in total. The highest BCUT2D eigenvalue weighted by Crippen LogP contribution is 2.22. The van der Waals surface area contributed by atoms with Crippen LogP contribution in [0.1, 0.15) is 42.6 Å². The first-order chi connectivity index (χ1) is 9.47. The molecule has 1 unspecified atom stereocenters. The molecule has 1 nitrogen and oxygen atoms in total. The number of hydrogen-bond acceptors (Lipinski definition) is 1. The van der Waals surface area contributed by atoms with E-state index in [1.165, 1.54) is 0 Å². The van der Waals surface area contributed by atoms with E-state index in [4.69, 9.17) is 11.6 Å². The third-order valence-electron chi connectivity index (χ3n) is 3.57. The summed E-state index contributed by atoms with van der Waals surface area (Å²) in [6.07, 6.45) is 0. The Hall–Kier alpha value is -1.38. The predicted molar refractivity (Wildman–Crippen MR) is 82.6 cm³/mol. The average molecular weight is 292 g/mol. The molecule has 2 atom stereocenters. The van der Waals surface area contributed by atoms with Crippen molar-refractivity contribution in [2.75, 3.05) is 0 Å². The van der Waals surface area contributed by atoms with E-state index in [1.54, 1.807) is 13.0 Å². The first-order valence-electron chi connectivity index (χ1n) is 6.75. The molecule has 0 aliphatic heterocycles. The third kappa shape index (κ3) is 3.59. The van der Waals surface area contributed by atoms with Crippen LogP contribution in [0.5, 0.6) is 0 Å². The van der Waals surface area contributed by atoms with Crippen LogP contribution >= 0.6 is 11.6 Å². The van der Waals surface area contributed by atoms with Crippen LogP contribution in [0.25, 0.3) is 0 Å². The molecule has 0 heterocycles. The second kappa shape index (κ2) is 6.38. The molecule has 0 aliphatic rings. The molecule has 0 fully saturated rings. The maximum atomic E-state index is 13.6. The minimum atomic E-state index is -0.157. The lowest BCUT2D eigenvalue weighted by Crippen LogP contribution is -2.22. The van der Waals surface area contributed by atoms with E-state index in [9.17, 15) is 4.39 Å². The summed E-state index contributed by atoms with van der Waals surface area (Å²) in [5.41, 5.74) is 2.79. The van der Waals surface area contributed by atoms with Crippen molar-refractivity contribution in [1.29, 1.82) is 0 Å². The second-order valence-corrected chi connectivity index (χ2v) is 5.61. The van der Waals surface area contributed by atoms with Crippen molar-refractivity contribution in [3.63, 3.8) is 0 Å². The lowest BCUT2D eigenvalue weighted by Gasteiger charge is -2.21. The van der Waals surface area contributed by atoms with Gasteiger partial charge in [-0.1, -0.05) is 35.9 Å². The fraction of sp³-hybridized carbons (Fsp3) is 0.294. The van der Waals surface area contributed by atoms with Crippen molar-refractivity contribution in [3.8, 4) is 0 Å². The van der Waals surface area contributed by atoms with E-state index in [0.717, 1.165) is 16.1 Å². The molecule has 106 valence electrons. The molecule has 2 rings (SSSR count). The smallest absolute Gasteiger partial charge is 0.126 e. The summed E-state index contributed by atoms with van der Waals surface area (Å²) in [4.78, 5) is 0. The second-order valence-electron chi connectivity index (χ2n) is 5.17. The maximum absolute atomic E-state index is 13.6. The van der Waals surface area contributed by atoms with Crippen LogP contribution in [0.15, 0.2) is 42.5 Å². The molecule has 0 spiro atoms. The molecular weight excluding hydrogens is 273 g/mol. The first-order valence-corrected chi connectivity index (χ1v) is 7.12. The monoisotopic (exact) mass is 291 g/mol. The zero-order valence-electron chi connectivity index (χ0n) is 12.0. The van der Waals surface area contributed by atoms with Crippen LogP contribution in [0.2, 0.25) is 5.02 Å². The van der Waals surface area contributed by atoms with Crippen molar-refractivity contribution in [2.45, 2.75) is 32.9 Å². The Kier molecular flexibility index (Phi) is 4.79. The minimum Gasteiger partial charge on any atom is -0.304 e. The summed E-state index contributed by atoms with van der Waals surface area (Å²) in [6, 6.07) is 13.4. The topological polar surface area (TPSA) is 12.0 Å². The largest absolute Gasteiger partial charge is 0.304 e. The molecule has 2 aromatic carbocycles. The molecule has 0 amide bonds. The SMILES string of the molecule is Cc1ccc(C(C)N[C@H](C)c2ccc(Cl)cc2)cc1F. The highest BCUT2D eigenvalue weighted by atomic mass is 35.5. The van der Waals surface area contributed by atoms with Crippen LogP contribution in [0.4, 0.5) is 4.39 Å². The number of rotatable bonds is 4. The van der Waals surface area contributed by atoms with Crippen LogP contribution in [0.3, 0.4) is 0 Å². The third-order valence-corrected chi connectivity index (χ3v) is 3.82. The van der Waals surface area contributed by atoms with E-state index >= 15 is 0 Å². The Morgan fingerprint density at radius 3 is 2.10 bits per heavy atom. The van der Waals surface area contributed by atoms with Gasteiger partial charge in [0.2, 0.25) is 0 Å². The first kappa shape index (κ1) is 15.0. The Labute approximate surface area is 124 Å². The maximum Gasteiger partial charge on any atom is 0.126 e. The van der Waals surface area contributed by atoms with Crippen LogP contribution < -0.4 is 5.32 Å². The van der Waals surface area contributed by atoms with E-state index in [2.05, 4.69) is 12.2 Å². The van der Waals surface area contributed by atoms with Gasteiger partial charge in [0.1, 0.15) is 5.82 Å². The number of halogens is 2. The molecule has 0 aromatic heterocycles. The van der Waals surface area contributed by atoms with Gasteiger partial charge in [-0.2, -0.15) is 0 Å². The molecule has 0 aliphatic carbocycles. The predicted octanol–water partition coefficient (Wildman–Crippen LogP) is 5.20. The fourth-order valence-electron chi connectivity index (χ4n) is 2.20. The van der Waals surface area contributed by atoms with Gasteiger partial charge in [0.25, 0.3) is 0 Å². The molecular formula is C17H19ClFN. The van der Waals surface area contributed by atoms with Gasteiger partial charge in [0.15, 0.2) is 0 Å². The summed E-state index contributed by atoms with van der Waals surface area (Å²) in [5, 5.41) is 4.20. The Morgan fingerprint density at radius 2 is 1.50 bits per heavy atom. The molecule has 2 aromatic rings. The standard InChI is InChI=1S/C17H19ClFN/c1-11-4-5-15(10-17(11)19)13(3)20-12(2)14-6-8-16(18)9-7-14/h4-10,12-13,20H,1-3H3/t12-,13?/m1/s1. The van der Waals surface area contributed by atoms with Gasteiger partial charge in [-0.25, -0.2) is 4.39 Å². The van der Waals surface area contributed by atoms with Gasteiger partial charge in [0, 0.05) is 17.1 Å². The normalized spacial score (nSPS) is 14.1. The zero-order chi connectivity index (χ0) is 14.7. The quantitative estimate of drug-likeness (QED) is 0.816. The number of nitrogens with one attached hydrogen (secondary N) is 1. The molecule has 0 radical (unpaired) electrons.